The van der Waals surface area contributed by atoms with E-state index in [9.17, 15) is 13.2 Å². The molecule has 7 heteroatoms. The van der Waals surface area contributed by atoms with Crippen LogP contribution >= 0.6 is 0 Å². The van der Waals surface area contributed by atoms with E-state index < -0.39 is 12.8 Å². The monoisotopic (exact) mass is 365 g/mol. The molecule has 4 nitrogen and oxygen atoms in total. The van der Waals surface area contributed by atoms with E-state index in [1.54, 1.807) is 25.2 Å². The summed E-state index contributed by atoms with van der Waals surface area (Å²) in [7, 11) is 1.64. The Hall–Kier alpha value is -2.70. The van der Waals surface area contributed by atoms with E-state index in [1.165, 1.54) is 6.07 Å². The summed E-state index contributed by atoms with van der Waals surface area (Å²) in [5, 5.41) is 6.35. The number of para-hydroxylation sites is 1. The number of aliphatic imine (C=N–C) groups is 1. The number of rotatable bonds is 6. The van der Waals surface area contributed by atoms with Crippen molar-refractivity contribution in [3.63, 3.8) is 0 Å². The van der Waals surface area contributed by atoms with E-state index >= 15 is 0 Å². The van der Waals surface area contributed by atoms with E-state index in [2.05, 4.69) is 15.6 Å². The lowest BCUT2D eigenvalue weighted by molar-refractivity contribution is -0.153. The molecule has 0 aromatic heterocycles. The first-order chi connectivity index (χ1) is 12.4. The minimum absolute atomic E-state index is 0.0270. The van der Waals surface area contributed by atoms with Gasteiger partial charge in [0.2, 0.25) is 0 Å². The van der Waals surface area contributed by atoms with Crippen molar-refractivity contribution in [3.8, 4) is 5.75 Å². The predicted molar refractivity (Wildman–Crippen MR) is 96.2 cm³/mol. The predicted octanol–water partition coefficient (Wildman–Crippen LogP) is 4.05. The van der Waals surface area contributed by atoms with Gasteiger partial charge >= 0.3 is 6.18 Å². The van der Waals surface area contributed by atoms with E-state index in [0.717, 1.165) is 5.56 Å². The van der Waals surface area contributed by atoms with Crippen LogP contribution in [0.3, 0.4) is 0 Å². The van der Waals surface area contributed by atoms with Crippen LogP contribution in [0.25, 0.3) is 0 Å². The summed E-state index contributed by atoms with van der Waals surface area (Å²) in [5.74, 6) is 0.746. The smallest absolute Gasteiger partial charge is 0.422 e. The minimum Gasteiger partial charge on any atom is -0.484 e. The highest BCUT2D eigenvalue weighted by molar-refractivity contribution is 5.80. The molecule has 0 spiro atoms. The van der Waals surface area contributed by atoms with Crippen LogP contribution in [0, 0.1) is 0 Å². The third kappa shape index (κ3) is 6.31. The van der Waals surface area contributed by atoms with Crippen molar-refractivity contribution in [3.05, 3.63) is 65.7 Å². The van der Waals surface area contributed by atoms with E-state index in [0.29, 0.717) is 11.5 Å². The van der Waals surface area contributed by atoms with Crippen LogP contribution in [-0.4, -0.2) is 25.8 Å². The van der Waals surface area contributed by atoms with Gasteiger partial charge in [0.1, 0.15) is 5.75 Å². The van der Waals surface area contributed by atoms with Gasteiger partial charge in [-0.3, -0.25) is 4.99 Å². The molecule has 2 N–H and O–H groups in total. The van der Waals surface area contributed by atoms with Gasteiger partial charge in [-0.15, -0.1) is 0 Å². The van der Waals surface area contributed by atoms with Gasteiger partial charge < -0.3 is 15.4 Å². The molecule has 0 fully saturated rings. The fourth-order valence-corrected chi connectivity index (χ4v) is 2.35. The molecule has 0 saturated heterocycles. The van der Waals surface area contributed by atoms with Gasteiger partial charge in [-0.05, 0) is 18.6 Å². The first-order valence-corrected chi connectivity index (χ1v) is 8.18. The Kier molecular flexibility index (Phi) is 6.89. The second-order valence-electron chi connectivity index (χ2n) is 5.71. The van der Waals surface area contributed by atoms with Crippen molar-refractivity contribution in [2.75, 3.05) is 13.7 Å². The summed E-state index contributed by atoms with van der Waals surface area (Å²) >= 11 is 0. The molecule has 1 unspecified atom stereocenters. The summed E-state index contributed by atoms with van der Waals surface area (Å²) in [6, 6.07) is 16.5. The van der Waals surface area contributed by atoms with E-state index in [4.69, 9.17) is 4.74 Å². The van der Waals surface area contributed by atoms with Gasteiger partial charge in [0.15, 0.2) is 12.6 Å². The highest BCUT2D eigenvalue weighted by Crippen LogP contribution is 2.22. The maximum atomic E-state index is 12.4. The first-order valence-electron chi connectivity index (χ1n) is 8.18. The molecular weight excluding hydrogens is 343 g/mol. The van der Waals surface area contributed by atoms with Gasteiger partial charge in [0, 0.05) is 19.2 Å². The largest absolute Gasteiger partial charge is 0.484 e. The lowest BCUT2D eigenvalue weighted by Crippen LogP contribution is -2.38. The summed E-state index contributed by atoms with van der Waals surface area (Å²) < 4.78 is 42.0. The molecule has 0 aliphatic rings. The fraction of sp³-hybridized carbons (Fsp3) is 0.316. The number of guanidine groups is 1. The van der Waals surface area contributed by atoms with Crippen molar-refractivity contribution in [1.82, 2.24) is 10.6 Å². The van der Waals surface area contributed by atoms with Crippen LogP contribution in [-0.2, 0) is 6.54 Å². The highest BCUT2D eigenvalue weighted by atomic mass is 19.4. The Morgan fingerprint density at radius 2 is 1.73 bits per heavy atom. The molecule has 0 saturated carbocycles. The number of benzene rings is 2. The molecule has 140 valence electrons. The van der Waals surface area contributed by atoms with Crippen LogP contribution in [0.15, 0.2) is 59.6 Å². The van der Waals surface area contributed by atoms with Crippen molar-refractivity contribution < 1.29 is 17.9 Å². The van der Waals surface area contributed by atoms with E-state index in [-0.39, 0.29) is 18.3 Å². The fourth-order valence-electron chi connectivity index (χ4n) is 2.35. The zero-order chi connectivity index (χ0) is 19.0. The van der Waals surface area contributed by atoms with E-state index in [1.807, 2.05) is 37.3 Å². The molecular formula is C19H22F3N3O. The van der Waals surface area contributed by atoms with Crippen LogP contribution in [0.4, 0.5) is 13.2 Å². The molecule has 26 heavy (non-hydrogen) atoms. The molecule has 0 heterocycles. The van der Waals surface area contributed by atoms with Crippen LogP contribution in [0.5, 0.6) is 5.75 Å². The number of ether oxygens (including phenoxy) is 1. The number of hydrogen-bond donors (Lipinski definition) is 2. The number of alkyl halides is 3. The Morgan fingerprint density at radius 3 is 2.38 bits per heavy atom. The van der Waals surface area contributed by atoms with Gasteiger partial charge in [-0.2, -0.15) is 13.2 Å². The summed E-state index contributed by atoms with van der Waals surface area (Å²) in [6.07, 6.45) is -4.37. The zero-order valence-electron chi connectivity index (χ0n) is 14.7. The lowest BCUT2D eigenvalue weighted by atomic mass is 10.1. The normalized spacial score (nSPS) is 13.2. The van der Waals surface area contributed by atoms with Gasteiger partial charge in [-0.25, -0.2) is 0 Å². The second-order valence-corrected chi connectivity index (χ2v) is 5.71. The number of halogens is 3. The quantitative estimate of drug-likeness (QED) is 0.600. The highest BCUT2D eigenvalue weighted by Gasteiger charge is 2.28. The molecule has 2 aromatic carbocycles. The van der Waals surface area contributed by atoms with Crippen molar-refractivity contribution in [2.24, 2.45) is 4.99 Å². The standard InChI is InChI=1S/C19H22F3N3O/c1-14(15-8-4-3-5-9-15)25-18(23-2)24-12-16-10-6-7-11-17(16)26-13-19(20,21)22/h3-11,14H,12-13H2,1-2H3,(H2,23,24,25). The summed E-state index contributed by atoms with van der Waals surface area (Å²) in [5.41, 5.74) is 1.72. The molecule has 1 atom stereocenters. The molecule has 0 amide bonds. The molecule has 0 bridgehead atoms. The maximum absolute atomic E-state index is 12.4. The Bertz CT molecular complexity index is 717. The third-order valence-corrected chi connectivity index (χ3v) is 3.69. The molecule has 0 aliphatic heterocycles. The maximum Gasteiger partial charge on any atom is 0.422 e. The Morgan fingerprint density at radius 1 is 1.08 bits per heavy atom. The SMILES string of the molecule is CN=C(NCc1ccccc1OCC(F)(F)F)NC(C)c1ccccc1. The topological polar surface area (TPSA) is 45.7 Å². The minimum atomic E-state index is -4.37. The summed E-state index contributed by atoms with van der Waals surface area (Å²) in [6.45, 7) is 0.972. The summed E-state index contributed by atoms with van der Waals surface area (Å²) in [4.78, 5) is 4.16. The average Bonchev–Trinajstić information content (AvgIpc) is 2.64. The second kappa shape index (κ2) is 9.12. The van der Waals surface area contributed by atoms with Crippen molar-refractivity contribution >= 4 is 5.96 Å². The molecule has 0 aliphatic carbocycles. The molecule has 0 radical (unpaired) electrons. The van der Waals surface area contributed by atoms with Crippen molar-refractivity contribution in [1.29, 1.82) is 0 Å². The van der Waals surface area contributed by atoms with Crippen LogP contribution in [0.2, 0.25) is 0 Å². The van der Waals surface area contributed by atoms with Gasteiger partial charge in [0.25, 0.3) is 0 Å². The molecule has 2 rings (SSSR count). The van der Waals surface area contributed by atoms with Crippen LogP contribution < -0.4 is 15.4 Å². The molecule has 2 aromatic rings. The first kappa shape index (κ1) is 19.6. The number of hydrogen-bond acceptors (Lipinski definition) is 2. The average molecular weight is 365 g/mol. The van der Waals surface area contributed by atoms with Crippen molar-refractivity contribution in [2.45, 2.75) is 25.7 Å². The third-order valence-electron chi connectivity index (χ3n) is 3.69. The Labute approximate surface area is 151 Å². The lowest BCUT2D eigenvalue weighted by Gasteiger charge is -2.19. The zero-order valence-corrected chi connectivity index (χ0v) is 14.7. The Balaban J connectivity index is 1.96. The van der Waals surface area contributed by atoms with Gasteiger partial charge in [-0.1, -0.05) is 48.5 Å². The van der Waals surface area contributed by atoms with Gasteiger partial charge in [0.05, 0.1) is 6.04 Å². The number of nitrogens with one attached hydrogen (secondary N) is 2. The number of nitrogens with zero attached hydrogens (tertiary/aromatic N) is 1. The van der Waals surface area contributed by atoms with Crippen LogP contribution in [0.1, 0.15) is 24.1 Å².